The highest BCUT2D eigenvalue weighted by molar-refractivity contribution is 7.80. The Labute approximate surface area is 181 Å². The minimum Gasteiger partial charge on any atom is -0.463 e. The van der Waals surface area contributed by atoms with E-state index < -0.39 is 6.04 Å². The highest BCUT2D eigenvalue weighted by Crippen LogP contribution is 2.31. The van der Waals surface area contributed by atoms with E-state index in [9.17, 15) is 9.59 Å². The summed E-state index contributed by atoms with van der Waals surface area (Å²) in [5.41, 5.74) is 3.77. The van der Waals surface area contributed by atoms with Crippen molar-refractivity contribution < 1.29 is 14.3 Å². The molecule has 2 N–H and O–H groups in total. The Kier molecular flexibility index (Phi) is 6.84. The van der Waals surface area contributed by atoms with E-state index in [0.29, 0.717) is 29.4 Å². The van der Waals surface area contributed by atoms with E-state index in [2.05, 4.69) is 10.6 Å². The van der Waals surface area contributed by atoms with Gasteiger partial charge in [0.15, 0.2) is 5.11 Å². The van der Waals surface area contributed by atoms with Crippen molar-refractivity contribution in [1.82, 2.24) is 10.2 Å². The first-order valence-electron chi connectivity index (χ1n) is 9.76. The van der Waals surface area contributed by atoms with Crippen molar-refractivity contribution in [2.75, 3.05) is 19.0 Å². The number of esters is 1. The first-order valence-corrected chi connectivity index (χ1v) is 10.2. The molecular weight excluding hydrogens is 398 g/mol. The number of anilines is 1. The zero-order chi connectivity index (χ0) is 21.7. The molecule has 1 aliphatic heterocycles. The number of benzene rings is 2. The second-order valence-electron chi connectivity index (χ2n) is 6.99. The number of carbonyl (C=O) groups excluding carboxylic acids is 2. The van der Waals surface area contributed by atoms with Crippen LogP contribution in [0, 0.1) is 0 Å². The number of ether oxygens (including phenoxy) is 1. The average molecular weight is 424 g/mol. The van der Waals surface area contributed by atoms with E-state index in [-0.39, 0.29) is 11.9 Å². The zero-order valence-corrected chi connectivity index (χ0v) is 18.1. The molecule has 2 aromatic rings. The number of rotatable bonds is 6. The number of carbonyl (C=O) groups is 2. The van der Waals surface area contributed by atoms with Gasteiger partial charge in [0.25, 0.3) is 0 Å². The standard InChI is InChI=1S/C23H25N3O3S/c1-4-29-22(28)20-15(2)26(3)23(30)25-21(20)17-10-12-18(13-11-17)24-19(27)14-16-8-6-5-7-9-16/h5-13,21H,4,14H2,1-3H3,(H,24,27)(H,25,30). The third-order valence-corrected chi connectivity index (χ3v) is 5.38. The summed E-state index contributed by atoms with van der Waals surface area (Å²) in [5, 5.41) is 6.64. The van der Waals surface area contributed by atoms with Gasteiger partial charge < -0.3 is 20.3 Å². The van der Waals surface area contributed by atoms with E-state index in [1.54, 1.807) is 11.8 Å². The second kappa shape index (κ2) is 9.54. The number of amides is 1. The molecule has 0 bridgehead atoms. The van der Waals surface area contributed by atoms with Gasteiger partial charge in [-0.25, -0.2) is 4.79 Å². The fraction of sp³-hybridized carbons (Fsp3) is 0.261. The molecule has 0 aliphatic carbocycles. The lowest BCUT2D eigenvalue weighted by Gasteiger charge is -2.35. The minimum absolute atomic E-state index is 0.0875. The molecule has 7 heteroatoms. The van der Waals surface area contributed by atoms with Crippen LogP contribution in [0.5, 0.6) is 0 Å². The van der Waals surface area contributed by atoms with Crippen LogP contribution in [-0.4, -0.2) is 35.5 Å². The van der Waals surface area contributed by atoms with Crippen LogP contribution in [0.4, 0.5) is 5.69 Å². The van der Waals surface area contributed by atoms with Crippen molar-refractivity contribution in [2.24, 2.45) is 0 Å². The van der Waals surface area contributed by atoms with Crippen molar-refractivity contribution in [3.8, 4) is 0 Å². The summed E-state index contributed by atoms with van der Waals surface area (Å²) in [6, 6.07) is 16.5. The minimum atomic E-state index is -0.415. The molecule has 0 saturated heterocycles. The van der Waals surface area contributed by atoms with Gasteiger partial charge in [-0.05, 0) is 49.3 Å². The number of hydrogen-bond donors (Lipinski definition) is 2. The third-order valence-electron chi connectivity index (χ3n) is 4.98. The maximum absolute atomic E-state index is 12.6. The average Bonchev–Trinajstić information content (AvgIpc) is 2.73. The molecule has 156 valence electrons. The number of thiocarbonyl (C=S) groups is 1. The SMILES string of the molecule is CCOC(=O)C1=C(C)N(C)C(=S)NC1c1ccc(NC(=O)Cc2ccccc2)cc1. The molecule has 1 heterocycles. The van der Waals surface area contributed by atoms with E-state index in [0.717, 1.165) is 16.8 Å². The zero-order valence-electron chi connectivity index (χ0n) is 17.3. The van der Waals surface area contributed by atoms with Crippen molar-refractivity contribution in [3.63, 3.8) is 0 Å². The Balaban J connectivity index is 1.77. The van der Waals surface area contributed by atoms with Crippen molar-refractivity contribution in [3.05, 3.63) is 77.0 Å². The normalized spacial score (nSPS) is 16.2. The lowest BCUT2D eigenvalue weighted by Crippen LogP contribution is -2.46. The molecule has 1 aliphatic rings. The number of nitrogens with zero attached hydrogens (tertiary/aromatic N) is 1. The molecule has 6 nitrogen and oxygen atoms in total. The van der Waals surface area contributed by atoms with Crippen LogP contribution in [0.1, 0.15) is 31.0 Å². The highest BCUT2D eigenvalue weighted by atomic mass is 32.1. The molecule has 1 atom stereocenters. The topological polar surface area (TPSA) is 70.7 Å². The van der Waals surface area contributed by atoms with Crippen LogP contribution in [-0.2, 0) is 20.7 Å². The summed E-state index contributed by atoms with van der Waals surface area (Å²) in [5.74, 6) is -0.461. The Morgan fingerprint density at radius 2 is 1.80 bits per heavy atom. The van der Waals surface area contributed by atoms with E-state index in [1.807, 2.05) is 68.6 Å². The second-order valence-corrected chi connectivity index (χ2v) is 7.38. The number of nitrogens with one attached hydrogen (secondary N) is 2. The third kappa shape index (κ3) is 4.86. The molecule has 1 unspecified atom stereocenters. The lowest BCUT2D eigenvalue weighted by atomic mass is 9.95. The molecule has 0 spiro atoms. The van der Waals surface area contributed by atoms with Gasteiger partial charge in [-0.15, -0.1) is 0 Å². The fourth-order valence-electron chi connectivity index (χ4n) is 3.30. The van der Waals surface area contributed by atoms with Gasteiger partial charge in [0.2, 0.25) is 5.91 Å². The first kappa shape index (κ1) is 21.5. The summed E-state index contributed by atoms with van der Waals surface area (Å²) >= 11 is 5.40. The van der Waals surface area contributed by atoms with Crippen LogP contribution in [0.25, 0.3) is 0 Å². The van der Waals surface area contributed by atoms with Gasteiger partial charge in [0.1, 0.15) is 0 Å². The number of hydrogen-bond acceptors (Lipinski definition) is 4. The Morgan fingerprint density at radius 3 is 2.43 bits per heavy atom. The first-order chi connectivity index (χ1) is 14.4. The Morgan fingerprint density at radius 1 is 1.13 bits per heavy atom. The molecule has 1 amide bonds. The molecular formula is C23H25N3O3S. The maximum Gasteiger partial charge on any atom is 0.338 e. The molecule has 0 aromatic heterocycles. The number of allylic oxidation sites excluding steroid dienone is 1. The predicted molar refractivity (Wildman–Crippen MR) is 121 cm³/mol. The summed E-state index contributed by atoms with van der Waals surface area (Å²) in [4.78, 5) is 26.6. The molecule has 0 radical (unpaired) electrons. The van der Waals surface area contributed by atoms with Crippen molar-refractivity contribution in [2.45, 2.75) is 26.3 Å². The highest BCUT2D eigenvalue weighted by Gasteiger charge is 2.33. The van der Waals surface area contributed by atoms with E-state index >= 15 is 0 Å². The van der Waals surface area contributed by atoms with Crippen LogP contribution in [0.15, 0.2) is 65.9 Å². The molecule has 0 fully saturated rings. The fourth-order valence-corrected chi connectivity index (χ4v) is 3.56. The van der Waals surface area contributed by atoms with Gasteiger partial charge in [-0.1, -0.05) is 42.5 Å². The summed E-state index contributed by atoms with van der Waals surface area (Å²) in [6.45, 7) is 3.92. The van der Waals surface area contributed by atoms with Crippen molar-refractivity contribution in [1.29, 1.82) is 0 Å². The molecule has 2 aromatic carbocycles. The molecule has 30 heavy (non-hydrogen) atoms. The summed E-state index contributed by atoms with van der Waals surface area (Å²) in [7, 11) is 1.81. The Bertz CT molecular complexity index is 971. The van der Waals surface area contributed by atoms with Gasteiger partial charge in [0, 0.05) is 18.4 Å². The largest absolute Gasteiger partial charge is 0.463 e. The van der Waals surface area contributed by atoms with Crippen LogP contribution >= 0.6 is 12.2 Å². The summed E-state index contributed by atoms with van der Waals surface area (Å²) < 4.78 is 5.26. The van der Waals surface area contributed by atoms with Gasteiger partial charge in [0.05, 0.1) is 24.6 Å². The van der Waals surface area contributed by atoms with E-state index in [1.165, 1.54) is 0 Å². The smallest absolute Gasteiger partial charge is 0.338 e. The van der Waals surface area contributed by atoms with Gasteiger partial charge in [-0.2, -0.15) is 0 Å². The lowest BCUT2D eigenvalue weighted by molar-refractivity contribution is -0.139. The quantitative estimate of drug-likeness (QED) is 0.547. The van der Waals surface area contributed by atoms with E-state index in [4.69, 9.17) is 17.0 Å². The van der Waals surface area contributed by atoms with Crippen LogP contribution in [0.2, 0.25) is 0 Å². The van der Waals surface area contributed by atoms with Crippen LogP contribution in [0.3, 0.4) is 0 Å². The monoisotopic (exact) mass is 423 g/mol. The maximum atomic E-state index is 12.6. The molecule has 0 saturated carbocycles. The van der Waals surface area contributed by atoms with Gasteiger partial charge in [-0.3, -0.25) is 4.79 Å². The van der Waals surface area contributed by atoms with Crippen molar-refractivity contribution >= 4 is 34.9 Å². The predicted octanol–water partition coefficient (Wildman–Crippen LogP) is 3.57. The van der Waals surface area contributed by atoms with Gasteiger partial charge >= 0.3 is 5.97 Å². The Hall–Kier alpha value is -3.19. The van der Waals surface area contributed by atoms with Crippen LogP contribution < -0.4 is 10.6 Å². The molecule has 3 rings (SSSR count). The summed E-state index contributed by atoms with van der Waals surface area (Å²) in [6.07, 6.45) is 0.308.